The van der Waals surface area contributed by atoms with E-state index in [4.69, 9.17) is 26.3 Å². The summed E-state index contributed by atoms with van der Waals surface area (Å²) >= 11 is 5.95. The quantitative estimate of drug-likeness (QED) is 0.413. The molecule has 0 saturated carbocycles. The van der Waals surface area contributed by atoms with Gasteiger partial charge < -0.3 is 19.4 Å². The summed E-state index contributed by atoms with van der Waals surface area (Å²) in [6.45, 7) is 2.04. The first-order valence-corrected chi connectivity index (χ1v) is 8.77. The molecule has 0 bridgehead atoms. The summed E-state index contributed by atoms with van der Waals surface area (Å²) in [5.41, 5.74) is 4.21. The molecule has 9 nitrogen and oxygen atoms in total. The molecule has 1 atom stereocenters. The zero-order valence-electron chi connectivity index (χ0n) is 14.9. The Hall–Kier alpha value is -2.91. The largest absolute Gasteiger partial charge is 0.505 e. The van der Waals surface area contributed by atoms with E-state index in [1.807, 2.05) is 12.1 Å². The lowest BCUT2D eigenvalue weighted by molar-refractivity contribution is -0.771. The van der Waals surface area contributed by atoms with Crippen molar-refractivity contribution in [2.24, 2.45) is 0 Å². The van der Waals surface area contributed by atoms with Gasteiger partial charge in [0.2, 0.25) is 0 Å². The maximum absolute atomic E-state index is 11.0. The summed E-state index contributed by atoms with van der Waals surface area (Å²) < 4.78 is 10.1. The van der Waals surface area contributed by atoms with Crippen LogP contribution in [0.15, 0.2) is 24.3 Å². The molecule has 1 aliphatic rings. The number of pyridine rings is 1. The third-order valence-corrected chi connectivity index (χ3v) is 4.65. The van der Waals surface area contributed by atoms with Crippen LogP contribution >= 0.6 is 11.6 Å². The third kappa shape index (κ3) is 4.32. The highest BCUT2D eigenvalue weighted by Gasteiger charge is 2.29. The number of rotatable bonds is 7. The number of carbonyl (C=O) groups is 1. The molecular formula is C18H17ClN2O7. The third-order valence-electron chi connectivity index (χ3n) is 4.40. The first kappa shape index (κ1) is 19.8. The molecule has 0 aliphatic carbocycles. The van der Waals surface area contributed by atoms with Crippen molar-refractivity contribution >= 4 is 17.8 Å². The van der Waals surface area contributed by atoms with Crippen LogP contribution in [-0.2, 0) is 27.5 Å². The van der Waals surface area contributed by atoms with Gasteiger partial charge in [-0.2, -0.15) is 0 Å². The number of aromatic nitrogens is 1. The molecular weight excluding hydrogens is 392 g/mol. The first-order valence-electron chi connectivity index (χ1n) is 8.39. The number of hydrogen-bond donors (Lipinski definition) is 1. The van der Waals surface area contributed by atoms with Crippen molar-refractivity contribution < 1.29 is 29.3 Å². The van der Waals surface area contributed by atoms with Crippen LogP contribution in [0.4, 0.5) is 4.79 Å². The smallest absolute Gasteiger partial charge is 0.450 e. The predicted octanol–water partition coefficient (Wildman–Crippen LogP) is 4.07. The number of benzene rings is 1. The van der Waals surface area contributed by atoms with Gasteiger partial charge in [-0.1, -0.05) is 23.7 Å². The highest BCUT2D eigenvalue weighted by molar-refractivity contribution is 6.30. The van der Waals surface area contributed by atoms with Crippen LogP contribution in [-0.4, -0.2) is 27.9 Å². The van der Waals surface area contributed by atoms with Crippen molar-refractivity contribution in [1.82, 2.24) is 4.98 Å². The molecule has 3 rings (SSSR count). The topological polar surface area (TPSA) is 121 Å². The lowest BCUT2D eigenvalue weighted by Gasteiger charge is -2.21. The molecule has 0 fully saturated rings. The average molecular weight is 409 g/mol. The van der Waals surface area contributed by atoms with Gasteiger partial charge in [-0.25, -0.2) is 4.79 Å². The Kier molecular flexibility index (Phi) is 5.96. The van der Waals surface area contributed by atoms with Crippen LogP contribution in [0.2, 0.25) is 5.02 Å². The number of fused-ring (bicyclic) bond motifs is 1. The zero-order valence-corrected chi connectivity index (χ0v) is 15.6. The van der Waals surface area contributed by atoms with E-state index in [9.17, 15) is 14.9 Å². The number of carboxylic acid groups (broad SMARTS) is 1. The molecule has 10 heteroatoms. The second-order valence-electron chi connectivity index (χ2n) is 6.14. The summed E-state index contributed by atoms with van der Waals surface area (Å²) in [6.07, 6.45) is -2.50. The Bertz CT molecular complexity index is 902. The molecule has 0 saturated heterocycles. The van der Waals surface area contributed by atoms with Crippen LogP contribution in [0, 0.1) is 17.0 Å². The van der Waals surface area contributed by atoms with Gasteiger partial charge in [-0.15, -0.1) is 10.1 Å². The molecule has 1 unspecified atom stereocenters. The van der Waals surface area contributed by atoms with Gasteiger partial charge >= 0.3 is 6.16 Å². The SMILES string of the molecule is Cc1nc(-c2ccc(Cl)cc2)c2c(c1C(CCOC(=O)O)O[N+](=O)[O-])COC2. The Morgan fingerprint density at radius 2 is 2.04 bits per heavy atom. The van der Waals surface area contributed by atoms with Gasteiger partial charge in [0.25, 0.3) is 5.09 Å². The molecule has 1 aliphatic heterocycles. The van der Waals surface area contributed by atoms with Crippen molar-refractivity contribution in [3.05, 3.63) is 61.8 Å². The fourth-order valence-corrected chi connectivity index (χ4v) is 3.40. The monoisotopic (exact) mass is 408 g/mol. The van der Waals surface area contributed by atoms with E-state index in [1.54, 1.807) is 19.1 Å². The Balaban J connectivity index is 2.02. The van der Waals surface area contributed by atoms with E-state index >= 15 is 0 Å². The van der Waals surface area contributed by atoms with Crippen LogP contribution in [0.1, 0.15) is 34.9 Å². The summed E-state index contributed by atoms with van der Waals surface area (Å²) in [7, 11) is 0. The predicted molar refractivity (Wildman–Crippen MR) is 97.3 cm³/mol. The average Bonchev–Trinajstić information content (AvgIpc) is 3.10. The second-order valence-corrected chi connectivity index (χ2v) is 6.57. The van der Waals surface area contributed by atoms with Gasteiger partial charge in [0.1, 0.15) is 6.10 Å². The van der Waals surface area contributed by atoms with E-state index in [1.165, 1.54) is 0 Å². The molecule has 0 spiro atoms. The van der Waals surface area contributed by atoms with Crippen LogP contribution in [0.3, 0.4) is 0 Å². The minimum Gasteiger partial charge on any atom is -0.450 e. The van der Waals surface area contributed by atoms with Gasteiger partial charge in [0.15, 0.2) is 0 Å². The Morgan fingerprint density at radius 3 is 2.68 bits per heavy atom. The second kappa shape index (κ2) is 8.41. The maximum atomic E-state index is 11.0. The number of hydrogen-bond acceptors (Lipinski definition) is 7. The molecule has 2 heterocycles. The van der Waals surface area contributed by atoms with Gasteiger partial charge in [0.05, 0.1) is 25.5 Å². The van der Waals surface area contributed by atoms with Gasteiger partial charge in [-0.05, 0) is 24.6 Å². The molecule has 1 aromatic carbocycles. The summed E-state index contributed by atoms with van der Waals surface area (Å²) in [4.78, 5) is 31.0. The fourth-order valence-electron chi connectivity index (χ4n) is 3.28. The van der Waals surface area contributed by atoms with E-state index in [0.717, 1.165) is 16.7 Å². The maximum Gasteiger partial charge on any atom is 0.505 e. The molecule has 0 radical (unpaired) electrons. The highest BCUT2D eigenvalue weighted by atomic mass is 35.5. The fraction of sp³-hybridized carbons (Fsp3) is 0.333. The molecule has 2 aromatic rings. The van der Waals surface area contributed by atoms with Crippen LogP contribution in [0.25, 0.3) is 11.3 Å². The lowest BCUT2D eigenvalue weighted by atomic mass is 9.93. The summed E-state index contributed by atoms with van der Waals surface area (Å²) in [5, 5.41) is 19.3. The number of ether oxygens (including phenoxy) is 2. The molecule has 148 valence electrons. The van der Waals surface area contributed by atoms with Gasteiger partial charge in [0, 0.05) is 33.8 Å². The van der Waals surface area contributed by atoms with Crippen molar-refractivity contribution in [3.8, 4) is 11.3 Å². The molecule has 1 aromatic heterocycles. The number of halogens is 1. The number of nitrogens with zero attached hydrogens (tertiary/aromatic N) is 2. The van der Waals surface area contributed by atoms with Crippen molar-refractivity contribution in [3.63, 3.8) is 0 Å². The van der Waals surface area contributed by atoms with Crippen molar-refractivity contribution in [2.75, 3.05) is 6.61 Å². The normalized spacial score (nSPS) is 13.6. The van der Waals surface area contributed by atoms with E-state index < -0.39 is 17.3 Å². The Labute approximate surface area is 164 Å². The molecule has 1 N–H and O–H groups in total. The van der Waals surface area contributed by atoms with Crippen molar-refractivity contribution in [2.45, 2.75) is 32.7 Å². The first-order chi connectivity index (χ1) is 13.4. The van der Waals surface area contributed by atoms with Crippen LogP contribution < -0.4 is 0 Å². The molecule has 28 heavy (non-hydrogen) atoms. The zero-order chi connectivity index (χ0) is 20.3. The van der Waals surface area contributed by atoms with E-state index in [0.29, 0.717) is 28.6 Å². The minimum atomic E-state index is -1.46. The lowest BCUT2D eigenvalue weighted by Crippen LogP contribution is -2.17. The molecule has 0 amide bonds. The summed E-state index contributed by atoms with van der Waals surface area (Å²) in [5.74, 6) is 0. The van der Waals surface area contributed by atoms with E-state index in [2.05, 4.69) is 9.72 Å². The van der Waals surface area contributed by atoms with E-state index in [-0.39, 0.29) is 19.6 Å². The number of aryl methyl sites for hydroxylation is 1. The summed E-state index contributed by atoms with van der Waals surface area (Å²) in [6, 6.07) is 7.19. The van der Waals surface area contributed by atoms with Crippen LogP contribution in [0.5, 0.6) is 0 Å². The highest BCUT2D eigenvalue weighted by Crippen LogP contribution is 2.38. The van der Waals surface area contributed by atoms with Gasteiger partial charge in [-0.3, -0.25) is 4.98 Å². The Morgan fingerprint density at radius 1 is 1.36 bits per heavy atom. The standard InChI is InChI=1S/C18H17ClN2O7/c1-10-16(15(28-21(24)25)6-7-27-18(22)23)13-8-26-9-14(13)17(20-10)11-2-4-12(19)5-3-11/h2-5,15H,6-9H2,1H3,(H,22,23). The minimum absolute atomic E-state index is 0.0253. The van der Waals surface area contributed by atoms with Crippen molar-refractivity contribution in [1.29, 1.82) is 0 Å².